The third-order valence-electron chi connectivity index (χ3n) is 2.71. The highest BCUT2D eigenvalue weighted by molar-refractivity contribution is 4.76. The minimum atomic E-state index is -0.0236. The quantitative estimate of drug-likeness (QED) is 0.703. The fourth-order valence-electron chi connectivity index (χ4n) is 1.25. The summed E-state index contributed by atoms with van der Waals surface area (Å²) < 4.78 is 5.38. The minimum Gasteiger partial charge on any atom is -0.379 e. The van der Waals surface area contributed by atoms with E-state index in [1.807, 2.05) is 0 Å². The van der Waals surface area contributed by atoms with Gasteiger partial charge in [-0.25, -0.2) is 0 Å². The molecule has 98 valence electrons. The van der Waals surface area contributed by atoms with E-state index < -0.39 is 0 Å². The van der Waals surface area contributed by atoms with Crippen LogP contribution in [0.25, 0.3) is 0 Å². The van der Waals surface area contributed by atoms with Crippen molar-refractivity contribution in [2.45, 2.75) is 65.1 Å². The van der Waals surface area contributed by atoms with Gasteiger partial charge in [-0.05, 0) is 54.5 Å². The summed E-state index contributed by atoms with van der Waals surface area (Å²) in [6.07, 6.45) is 1.03. The Bertz CT molecular complexity index is 185. The Hall–Kier alpha value is -0.120. The molecule has 0 aliphatic rings. The number of nitrogens with one attached hydrogen (secondary N) is 2. The molecule has 0 saturated heterocycles. The maximum atomic E-state index is 5.38. The minimum absolute atomic E-state index is 0.0236. The number of ether oxygens (including phenoxy) is 1. The van der Waals surface area contributed by atoms with Gasteiger partial charge in [0, 0.05) is 25.2 Å². The van der Waals surface area contributed by atoms with Crippen molar-refractivity contribution in [2.75, 3.05) is 20.2 Å². The molecule has 0 radical (unpaired) electrons. The van der Waals surface area contributed by atoms with Crippen LogP contribution in [0.15, 0.2) is 0 Å². The second-order valence-corrected chi connectivity index (χ2v) is 6.20. The summed E-state index contributed by atoms with van der Waals surface area (Å²) in [5, 5.41) is 6.99. The molecule has 0 aliphatic heterocycles. The van der Waals surface area contributed by atoms with Crippen molar-refractivity contribution in [1.82, 2.24) is 10.6 Å². The van der Waals surface area contributed by atoms with Gasteiger partial charge in [0.1, 0.15) is 0 Å². The van der Waals surface area contributed by atoms with Gasteiger partial charge in [0.2, 0.25) is 0 Å². The van der Waals surface area contributed by atoms with Crippen LogP contribution in [0, 0.1) is 0 Å². The van der Waals surface area contributed by atoms with E-state index in [0.717, 1.165) is 19.5 Å². The van der Waals surface area contributed by atoms with E-state index in [0.29, 0.717) is 6.04 Å². The third-order valence-corrected chi connectivity index (χ3v) is 2.71. The maximum absolute atomic E-state index is 5.38. The SMILES string of the molecule is COC(C)(C)CCNC(C)CNC(C)(C)C. The Morgan fingerprint density at radius 3 is 2.12 bits per heavy atom. The molecule has 0 fully saturated rings. The van der Waals surface area contributed by atoms with Crippen LogP contribution >= 0.6 is 0 Å². The van der Waals surface area contributed by atoms with Gasteiger partial charge in [-0.1, -0.05) is 0 Å². The van der Waals surface area contributed by atoms with Crippen LogP contribution in [-0.4, -0.2) is 37.4 Å². The molecule has 0 aromatic rings. The molecule has 1 unspecified atom stereocenters. The Morgan fingerprint density at radius 1 is 1.12 bits per heavy atom. The largest absolute Gasteiger partial charge is 0.379 e. The molecule has 0 spiro atoms. The van der Waals surface area contributed by atoms with Crippen LogP contribution in [0.4, 0.5) is 0 Å². The predicted octanol–water partition coefficient (Wildman–Crippen LogP) is 2.17. The van der Waals surface area contributed by atoms with E-state index in [2.05, 4.69) is 52.2 Å². The highest BCUT2D eigenvalue weighted by Gasteiger charge is 2.16. The van der Waals surface area contributed by atoms with Crippen LogP contribution in [0.3, 0.4) is 0 Å². The number of hydrogen-bond donors (Lipinski definition) is 2. The Balaban J connectivity index is 3.63. The summed E-state index contributed by atoms with van der Waals surface area (Å²) in [6, 6.07) is 0.492. The van der Waals surface area contributed by atoms with Crippen LogP contribution in [0.2, 0.25) is 0 Å². The number of rotatable bonds is 7. The zero-order chi connectivity index (χ0) is 12.8. The molecule has 0 bridgehead atoms. The second kappa shape index (κ2) is 6.58. The molecule has 0 rings (SSSR count). The smallest absolute Gasteiger partial charge is 0.0634 e. The first-order valence-corrected chi connectivity index (χ1v) is 6.20. The van der Waals surface area contributed by atoms with Gasteiger partial charge in [0.25, 0.3) is 0 Å². The monoisotopic (exact) mass is 230 g/mol. The molecule has 0 amide bonds. The standard InChI is InChI=1S/C13H30N2O/c1-11(10-15-12(2,3)4)14-9-8-13(5,6)16-7/h11,14-15H,8-10H2,1-7H3. The molecule has 0 aliphatic carbocycles. The topological polar surface area (TPSA) is 33.3 Å². The average molecular weight is 230 g/mol. The van der Waals surface area contributed by atoms with Crippen molar-refractivity contribution in [2.24, 2.45) is 0 Å². The van der Waals surface area contributed by atoms with Crippen molar-refractivity contribution in [3.8, 4) is 0 Å². The van der Waals surface area contributed by atoms with E-state index in [1.54, 1.807) is 7.11 Å². The fourth-order valence-corrected chi connectivity index (χ4v) is 1.25. The van der Waals surface area contributed by atoms with Gasteiger partial charge >= 0.3 is 0 Å². The summed E-state index contributed by atoms with van der Waals surface area (Å²) in [6.45, 7) is 15.0. The Morgan fingerprint density at radius 2 is 1.69 bits per heavy atom. The molecule has 1 atom stereocenters. The van der Waals surface area contributed by atoms with Gasteiger partial charge in [-0.3, -0.25) is 0 Å². The normalized spacial score (nSPS) is 15.2. The molecule has 2 N–H and O–H groups in total. The lowest BCUT2D eigenvalue weighted by Crippen LogP contribution is -2.45. The van der Waals surface area contributed by atoms with Gasteiger partial charge < -0.3 is 15.4 Å². The lowest BCUT2D eigenvalue weighted by Gasteiger charge is -2.26. The zero-order valence-corrected chi connectivity index (χ0v) is 12.1. The third kappa shape index (κ3) is 9.13. The molecule has 16 heavy (non-hydrogen) atoms. The predicted molar refractivity (Wildman–Crippen MR) is 70.9 cm³/mol. The Labute approximate surface area is 101 Å². The van der Waals surface area contributed by atoms with E-state index in [1.165, 1.54) is 0 Å². The summed E-state index contributed by atoms with van der Waals surface area (Å²) in [4.78, 5) is 0. The van der Waals surface area contributed by atoms with Gasteiger partial charge in [-0.15, -0.1) is 0 Å². The van der Waals surface area contributed by atoms with Crippen molar-refractivity contribution in [1.29, 1.82) is 0 Å². The highest BCUT2D eigenvalue weighted by atomic mass is 16.5. The summed E-state index contributed by atoms with van der Waals surface area (Å²) in [5.74, 6) is 0. The van der Waals surface area contributed by atoms with Crippen LogP contribution in [-0.2, 0) is 4.74 Å². The Kier molecular flexibility index (Phi) is 6.53. The molecular formula is C13H30N2O. The van der Waals surface area contributed by atoms with E-state index >= 15 is 0 Å². The second-order valence-electron chi connectivity index (χ2n) is 6.20. The van der Waals surface area contributed by atoms with Crippen molar-refractivity contribution < 1.29 is 4.74 Å². The van der Waals surface area contributed by atoms with Crippen LogP contribution in [0.5, 0.6) is 0 Å². The first kappa shape index (κ1) is 15.9. The molecule has 3 nitrogen and oxygen atoms in total. The van der Waals surface area contributed by atoms with E-state index in [9.17, 15) is 0 Å². The zero-order valence-electron chi connectivity index (χ0n) is 12.1. The first-order chi connectivity index (χ1) is 7.16. The maximum Gasteiger partial charge on any atom is 0.0634 e. The molecule has 0 aromatic carbocycles. The van der Waals surface area contributed by atoms with Gasteiger partial charge in [-0.2, -0.15) is 0 Å². The first-order valence-electron chi connectivity index (χ1n) is 6.20. The molecule has 0 saturated carbocycles. The van der Waals surface area contributed by atoms with Crippen molar-refractivity contribution >= 4 is 0 Å². The van der Waals surface area contributed by atoms with Gasteiger partial charge in [0.05, 0.1) is 5.60 Å². The van der Waals surface area contributed by atoms with Crippen molar-refractivity contribution in [3.63, 3.8) is 0 Å². The number of methoxy groups -OCH3 is 1. The lowest BCUT2D eigenvalue weighted by atomic mass is 10.1. The fraction of sp³-hybridized carbons (Fsp3) is 1.00. The summed E-state index contributed by atoms with van der Waals surface area (Å²) >= 11 is 0. The molecule has 3 heteroatoms. The van der Waals surface area contributed by atoms with Gasteiger partial charge in [0.15, 0.2) is 0 Å². The lowest BCUT2D eigenvalue weighted by molar-refractivity contribution is 0.0154. The van der Waals surface area contributed by atoms with Crippen LogP contribution < -0.4 is 10.6 Å². The molecular weight excluding hydrogens is 200 g/mol. The number of hydrogen-bond acceptors (Lipinski definition) is 3. The van der Waals surface area contributed by atoms with Crippen molar-refractivity contribution in [3.05, 3.63) is 0 Å². The molecule has 0 heterocycles. The molecule has 0 aromatic heterocycles. The van der Waals surface area contributed by atoms with Crippen LogP contribution in [0.1, 0.15) is 48.0 Å². The van der Waals surface area contributed by atoms with E-state index in [4.69, 9.17) is 4.74 Å². The van der Waals surface area contributed by atoms with E-state index in [-0.39, 0.29) is 11.1 Å². The average Bonchev–Trinajstić information content (AvgIpc) is 2.13. The highest BCUT2D eigenvalue weighted by Crippen LogP contribution is 2.11. The summed E-state index contributed by atoms with van der Waals surface area (Å²) in [7, 11) is 1.77. The summed E-state index contributed by atoms with van der Waals surface area (Å²) in [5.41, 5.74) is 0.173.